The molecule has 7 heteroatoms. The molecular weight excluding hydrogens is 242 g/mol. The Morgan fingerprint density at radius 3 is 2.47 bits per heavy atom. The average molecular weight is 255 g/mol. The fraction of sp³-hybridized carbons (Fsp3) is 0.400. The molecule has 0 unspecified atom stereocenters. The van der Waals surface area contributed by atoms with E-state index in [1.807, 2.05) is 4.89 Å². The van der Waals surface area contributed by atoms with Crippen LogP contribution in [0.15, 0.2) is 23.2 Å². The maximum absolute atomic E-state index is 11.7. The molecule has 17 heavy (non-hydrogen) atoms. The molecule has 0 radical (unpaired) electrons. The molecule has 1 rings (SSSR count). The fourth-order valence-electron chi connectivity index (χ4n) is 0.833. The van der Waals surface area contributed by atoms with Gasteiger partial charge in [-0.2, -0.15) is 5.26 Å². The van der Waals surface area contributed by atoms with E-state index in [1.54, 1.807) is 26.8 Å². The number of nitrogens with zero attached hydrogens (tertiary/aromatic N) is 2. The minimum Gasteiger partial charge on any atom is -0.281 e. The Kier molecular flexibility index (Phi) is 3.83. The minimum absolute atomic E-state index is 0.0549. The first-order chi connectivity index (χ1) is 7.74. The zero-order valence-electron chi connectivity index (χ0n) is 9.76. The van der Waals surface area contributed by atoms with Gasteiger partial charge in [-0.1, -0.05) is 4.89 Å². The summed E-state index contributed by atoms with van der Waals surface area (Å²) in [4.78, 5) is 10.6. The van der Waals surface area contributed by atoms with E-state index in [-0.39, 0.29) is 10.6 Å². The van der Waals surface area contributed by atoms with Gasteiger partial charge in [0.25, 0.3) is 10.0 Å². The zero-order chi connectivity index (χ0) is 13.1. The second kappa shape index (κ2) is 4.79. The van der Waals surface area contributed by atoms with Gasteiger partial charge in [-0.25, -0.2) is 13.4 Å². The number of rotatable bonds is 3. The Balaban J connectivity index is 2.87. The van der Waals surface area contributed by atoms with Crippen molar-refractivity contribution in [3.8, 4) is 6.07 Å². The topological polar surface area (TPSA) is 92.1 Å². The number of sulfonamides is 1. The monoisotopic (exact) mass is 255 g/mol. The van der Waals surface area contributed by atoms with Crippen LogP contribution in [0.4, 0.5) is 0 Å². The molecule has 0 aliphatic carbocycles. The average Bonchev–Trinajstić information content (AvgIpc) is 2.26. The van der Waals surface area contributed by atoms with Gasteiger partial charge in [0.05, 0.1) is 5.60 Å². The van der Waals surface area contributed by atoms with Crippen molar-refractivity contribution in [3.63, 3.8) is 0 Å². The van der Waals surface area contributed by atoms with E-state index in [0.717, 1.165) is 6.20 Å². The number of nitrogens with one attached hydrogen (secondary N) is 1. The van der Waals surface area contributed by atoms with Gasteiger partial charge >= 0.3 is 0 Å². The number of aromatic nitrogens is 1. The summed E-state index contributed by atoms with van der Waals surface area (Å²) in [5.74, 6) is 0. The maximum atomic E-state index is 11.7. The van der Waals surface area contributed by atoms with Gasteiger partial charge in [-0.05, 0) is 32.9 Å². The molecule has 1 N–H and O–H groups in total. The summed E-state index contributed by atoms with van der Waals surface area (Å²) in [6, 6.07) is 4.42. The van der Waals surface area contributed by atoms with Gasteiger partial charge in [0.15, 0.2) is 0 Å². The van der Waals surface area contributed by atoms with Gasteiger partial charge in [0, 0.05) is 6.20 Å². The lowest BCUT2D eigenvalue weighted by atomic mass is 10.2. The third-order valence-corrected chi connectivity index (χ3v) is 2.78. The molecular formula is C10H13N3O3S. The lowest BCUT2D eigenvalue weighted by molar-refractivity contribution is -0.0357. The number of hydrogen-bond acceptors (Lipinski definition) is 5. The van der Waals surface area contributed by atoms with Crippen LogP contribution in [0.3, 0.4) is 0 Å². The van der Waals surface area contributed by atoms with Gasteiger partial charge < -0.3 is 0 Å². The summed E-state index contributed by atoms with van der Waals surface area (Å²) in [6.45, 7) is 5.14. The van der Waals surface area contributed by atoms with E-state index in [4.69, 9.17) is 10.1 Å². The van der Waals surface area contributed by atoms with Crippen molar-refractivity contribution in [2.45, 2.75) is 31.3 Å². The minimum atomic E-state index is -3.76. The molecule has 0 atom stereocenters. The maximum Gasteiger partial charge on any atom is 0.264 e. The molecule has 0 saturated heterocycles. The zero-order valence-corrected chi connectivity index (χ0v) is 10.6. The molecule has 1 heterocycles. The Morgan fingerprint density at radius 1 is 1.41 bits per heavy atom. The molecule has 0 spiro atoms. The largest absolute Gasteiger partial charge is 0.281 e. The predicted molar refractivity (Wildman–Crippen MR) is 60.1 cm³/mol. The van der Waals surface area contributed by atoms with E-state index < -0.39 is 15.6 Å². The van der Waals surface area contributed by atoms with Gasteiger partial charge in [-0.3, -0.25) is 4.84 Å². The second-order valence-electron chi connectivity index (χ2n) is 4.29. The molecule has 0 aromatic carbocycles. The van der Waals surface area contributed by atoms with Crippen LogP contribution in [0, 0.1) is 11.3 Å². The normalized spacial score (nSPS) is 12.1. The van der Waals surface area contributed by atoms with E-state index in [9.17, 15) is 8.42 Å². The quantitative estimate of drug-likeness (QED) is 0.812. The Hall–Kier alpha value is -1.49. The summed E-state index contributed by atoms with van der Waals surface area (Å²) < 4.78 is 23.4. The standard InChI is InChI=1S/C10H13N3O3S/c1-10(2,3)16-13-17(14,15)9-5-4-8(6-11)12-7-9/h4-5,7,13H,1-3H3. The van der Waals surface area contributed by atoms with Crippen LogP contribution in [-0.4, -0.2) is 19.0 Å². The highest BCUT2D eigenvalue weighted by atomic mass is 32.2. The van der Waals surface area contributed by atoms with Crippen molar-refractivity contribution in [1.82, 2.24) is 9.87 Å². The van der Waals surface area contributed by atoms with Crippen LogP contribution in [-0.2, 0) is 14.9 Å². The number of nitriles is 1. The van der Waals surface area contributed by atoms with Crippen LogP contribution in [0.5, 0.6) is 0 Å². The van der Waals surface area contributed by atoms with Crippen LogP contribution >= 0.6 is 0 Å². The molecule has 6 nitrogen and oxygen atoms in total. The third-order valence-electron chi connectivity index (χ3n) is 1.62. The second-order valence-corrected chi connectivity index (χ2v) is 5.94. The molecule has 0 aliphatic rings. The van der Waals surface area contributed by atoms with Crippen molar-refractivity contribution < 1.29 is 13.3 Å². The first-order valence-corrected chi connectivity index (χ1v) is 6.29. The summed E-state index contributed by atoms with van der Waals surface area (Å²) in [5.41, 5.74) is -0.478. The highest BCUT2D eigenvalue weighted by Crippen LogP contribution is 2.10. The van der Waals surface area contributed by atoms with Crippen LogP contribution in [0.2, 0.25) is 0 Å². The molecule has 0 aliphatic heterocycles. The highest BCUT2D eigenvalue weighted by molar-refractivity contribution is 7.89. The summed E-state index contributed by atoms with van der Waals surface area (Å²) in [6.07, 6.45) is 1.10. The van der Waals surface area contributed by atoms with Gasteiger partial charge in [-0.15, -0.1) is 0 Å². The Labute approximate surface area is 100 Å². The lowest BCUT2D eigenvalue weighted by Gasteiger charge is -2.18. The van der Waals surface area contributed by atoms with Crippen molar-refractivity contribution in [3.05, 3.63) is 24.0 Å². The van der Waals surface area contributed by atoms with E-state index in [1.165, 1.54) is 12.1 Å². The molecule has 0 saturated carbocycles. The Bertz CT molecular complexity index is 523. The number of hydrogen-bond donors (Lipinski definition) is 1. The summed E-state index contributed by atoms with van der Waals surface area (Å²) >= 11 is 0. The molecule has 92 valence electrons. The van der Waals surface area contributed by atoms with E-state index in [0.29, 0.717) is 0 Å². The first-order valence-electron chi connectivity index (χ1n) is 4.80. The van der Waals surface area contributed by atoms with Crippen molar-refractivity contribution in [1.29, 1.82) is 5.26 Å². The van der Waals surface area contributed by atoms with Crippen LogP contribution in [0.25, 0.3) is 0 Å². The van der Waals surface area contributed by atoms with Gasteiger partial charge in [0.1, 0.15) is 16.7 Å². The molecule has 0 bridgehead atoms. The third kappa shape index (κ3) is 4.11. The van der Waals surface area contributed by atoms with E-state index in [2.05, 4.69) is 4.98 Å². The first kappa shape index (κ1) is 13.6. The fourth-order valence-corrected chi connectivity index (χ4v) is 1.73. The Morgan fingerprint density at radius 2 is 2.06 bits per heavy atom. The molecule has 1 aromatic heterocycles. The van der Waals surface area contributed by atoms with Crippen LogP contribution < -0.4 is 4.89 Å². The predicted octanol–water partition coefficient (Wildman–Crippen LogP) is 0.962. The van der Waals surface area contributed by atoms with Gasteiger partial charge in [0.2, 0.25) is 0 Å². The number of pyridine rings is 1. The summed E-state index contributed by atoms with van der Waals surface area (Å²) in [5, 5.41) is 8.54. The highest BCUT2D eigenvalue weighted by Gasteiger charge is 2.19. The lowest BCUT2D eigenvalue weighted by Crippen LogP contribution is -2.33. The SMILES string of the molecule is CC(C)(C)ONS(=O)(=O)c1ccc(C#N)nc1. The van der Waals surface area contributed by atoms with Crippen molar-refractivity contribution in [2.24, 2.45) is 0 Å². The summed E-state index contributed by atoms with van der Waals surface area (Å²) in [7, 11) is -3.76. The van der Waals surface area contributed by atoms with Crippen LogP contribution in [0.1, 0.15) is 26.5 Å². The van der Waals surface area contributed by atoms with Crippen molar-refractivity contribution in [2.75, 3.05) is 0 Å². The van der Waals surface area contributed by atoms with E-state index >= 15 is 0 Å². The smallest absolute Gasteiger partial charge is 0.264 e. The van der Waals surface area contributed by atoms with Crippen molar-refractivity contribution >= 4 is 10.0 Å². The molecule has 0 amide bonds. The molecule has 1 aromatic rings. The molecule has 0 fully saturated rings.